The fourth-order valence-corrected chi connectivity index (χ4v) is 4.02. The molecule has 0 saturated carbocycles. The van der Waals surface area contributed by atoms with Crippen LogP contribution >= 0.6 is 0 Å². The van der Waals surface area contributed by atoms with Gasteiger partial charge in [0.2, 0.25) is 0 Å². The van der Waals surface area contributed by atoms with Gasteiger partial charge in [-0.1, -0.05) is 11.6 Å². The summed E-state index contributed by atoms with van der Waals surface area (Å²) in [4.78, 5) is 37.7. The third-order valence-electron chi connectivity index (χ3n) is 5.56. The number of hydrogen-bond donors (Lipinski definition) is 0. The van der Waals surface area contributed by atoms with Crippen molar-refractivity contribution in [2.75, 3.05) is 26.2 Å². The first kappa shape index (κ1) is 17.6. The summed E-state index contributed by atoms with van der Waals surface area (Å²) in [5, 5.41) is 0.837. The molecule has 2 aliphatic heterocycles. The Balaban J connectivity index is 1.57. The lowest BCUT2D eigenvalue weighted by Gasteiger charge is -2.35. The molecule has 0 radical (unpaired) electrons. The van der Waals surface area contributed by atoms with Crippen LogP contribution in [0.3, 0.4) is 0 Å². The van der Waals surface area contributed by atoms with Gasteiger partial charge in [-0.25, -0.2) is 9.78 Å². The van der Waals surface area contributed by atoms with E-state index in [2.05, 4.69) is 4.98 Å². The number of aryl methyl sites for hydroxylation is 1. The second-order valence-electron chi connectivity index (χ2n) is 7.49. The summed E-state index contributed by atoms with van der Waals surface area (Å²) < 4.78 is 5.13. The molecule has 2 amide bonds. The maximum Gasteiger partial charge on any atom is 0.410 e. The van der Waals surface area contributed by atoms with Crippen LogP contribution in [0.5, 0.6) is 0 Å². The number of aromatic nitrogens is 2. The number of cyclic esters (lactones) is 1. The molecule has 2 fully saturated rings. The van der Waals surface area contributed by atoms with Crippen molar-refractivity contribution in [2.45, 2.75) is 13.0 Å². The van der Waals surface area contributed by atoms with E-state index in [1.807, 2.05) is 48.2 Å². The smallest absolute Gasteiger partial charge is 0.410 e. The molecule has 0 N–H and O–H groups in total. The van der Waals surface area contributed by atoms with Gasteiger partial charge in [0.1, 0.15) is 6.61 Å². The minimum atomic E-state index is -0.286. The Labute approximate surface area is 167 Å². The standard InChI is InChI=1S/C22H20N4O3/c1-14-4-5-19-17(9-14)18(10-20(24-19)15-3-2-6-23-11-15)21(27)25-7-8-26-16(12-25)13-29-22(26)28/h2-6,9-11,16H,7-8,12-13H2,1H3. The molecule has 2 aromatic heterocycles. The van der Waals surface area contributed by atoms with Crippen molar-refractivity contribution in [3.63, 3.8) is 0 Å². The van der Waals surface area contributed by atoms with E-state index in [0.29, 0.717) is 31.8 Å². The summed E-state index contributed by atoms with van der Waals surface area (Å²) in [5.41, 5.74) is 4.05. The predicted molar refractivity (Wildman–Crippen MR) is 107 cm³/mol. The van der Waals surface area contributed by atoms with Crippen molar-refractivity contribution >= 4 is 22.9 Å². The van der Waals surface area contributed by atoms with Crippen molar-refractivity contribution in [1.29, 1.82) is 0 Å². The number of ether oxygens (including phenoxy) is 1. The van der Waals surface area contributed by atoms with Gasteiger partial charge in [0, 0.05) is 43.0 Å². The highest BCUT2D eigenvalue weighted by Crippen LogP contribution is 2.27. The van der Waals surface area contributed by atoms with Gasteiger partial charge in [0.25, 0.3) is 5.91 Å². The van der Waals surface area contributed by atoms with Crippen LogP contribution in [0.15, 0.2) is 48.8 Å². The summed E-state index contributed by atoms with van der Waals surface area (Å²) >= 11 is 0. The summed E-state index contributed by atoms with van der Waals surface area (Å²) in [6, 6.07) is 11.5. The molecule has 5 rings (SSSR count). The van der Waals surface area contributed by atoms with E-state index in [-0.39, 0.29) is 18.0 Å². The molecule has 2 saturated heterocycles. The van der Waals surface area contributed by atoms with Crippen LogP contribution in [0.25, 0.3) is 22.2 Å². The summed E-state index contributed by atoms with van der Waals surface area (Å²) in [7, 11) is 0. The van der Waals surface area contributed by atoms with E-state index in [1.54, 1.807) is 17.3 Å². The molecule has 146 valence electrons. The summed E-state index contributed by atoms with van der Waals surface area (Å²) in [6.45, 7) is 3.79. The van der Waals surface area contributed by atoms with Gasteiger partial charge in [-0.2, -0.15) is 0 Å². The number of amides is 2. The topological polar surface area (TPSA) is 75.6 Å². The number of piperazine rings is 1. The maximum atomic E-state index is 13.5. The number of nitrogens with zero attached hydrogens (tertiary/aromatic N) is 4. The van der Waals surface area contributed by atoms with E-state index in [0.717, 1.165) is 27.7 Å². The molecule has 0 spiro atoms. The number of pyridine rings is 2. The molecule has 1 aromatic carbocycles. The molecule has 2 aliphatic rings. The van der Waals surface area contributed by atoms with Crippen LogP contribution in [-0.4, -0.2) is 64.1 Å². The number of fused-ring (bicyclic) bond motifs is 2. The highest BCUT2D eigenvalue weighted by molar-refractivity contribution is 6.07. The minimum Gasteiger partial charge on any atom is -0.447 e. The van der Waals surface area contributed by atoms with Crippen LogP contribution in [-0.2, 0) is 4.74 Å². The fraction of sp³-hybridized carbons (Fsp3) is 0.273. The summed E-state index contributed by atoms with van der Waals surface area (Å²) in [6.07, 6.45) is 3.17. The third-order valence-corrected chi connectivity index (χ3v) is 5.56. The van der Waals surface area contributed by atoms with Gasteiger partial charge in [-0.3, -0.25) is 14.7 Å². The average Bonchev–Trinajstić information content (AvgIpc) is 3.13. The molecule has 29 heavy (non-hydrogen) atoms. The van der Waals surface area contributed by atoms with Crippen LogP contribution in [0.1, 0.15) is 15.9 Å². The lowest BCUT2D eigenvalue weighted by Crippen LogP contribution is -2.53. The molecule has 1 unspecified atom stereocenters. The molecule has 1 atom stereocenters. The highest BCUT2D eigenvalue weighted by atomic mass is 16.6. The van der Waals surface area contributed by atoms with Crippen molar-refractivity contribution < 1.29 is 14.3 Å². The lowest BCUT2D eigenvalue weighted by atomic mass is 10.0. The van der Waals surface area contributed by atoms with Crippen LogP contribution in [0.2, 0.25) is 0 Å². The first-order chi connectivity index (χ1) is 14.1. The third kappa shape index (κ3) is 3.08. The molecule has 4 heterocycles. The minimum absolute atomic E-state index is 0.0489. The Kier molecular flexibility index (Phi) is 4.16. The van der Waals surface area contributed by atoms with Gasteiger partial charge in [-0.15, -0.1) is 0 Å². The summed E-state index contributed by atoms with van der Waals surface area (Å²) in [5.74, 6) is -0.0489. The van der Waals surface area contributed by atoms with E-state index in [9.17, 15) is 9.59 Å². The monoisotopic (exact) mass is 388 g/mol. The second kappa shape index (κ2) is 6.84. The Morgan fingerprint density at radius 3 is 2.93 bits per heavy atom. The van der Waals surface area contributed by atoms with Gasteiger partial charge in [0.05, 0.1) is 22.8 Å². The Morgan fingerprint density at radius 2 is 2.10 bits per heavy atom. The van der Waals surface area contributed by atoms with Gasteiger partial charge >= 0.3 is 6.09 Å². The second-order valence-corrected chi connectivity index (χ2v) is 7.49. The number of rotatable bonds is 2. The van der Waals surface area contributed by atoms with Crippen molar-refractivity contribution in [2.24, 2.45) is 0 Å². The van der Waals surface area contributed by atoms with Gasteiger partial charge < -0.3 is 9.64 Å². The number of carbonyl (C=O) groups excluding carboxylic acids is 2. The zero-order valence-electron chi connectivity index (χ0n) is 16.0. The van der Waals surface area contributed by atoms with Gasteiger partial charge in [-0.05, 0) is 37.3 Å². The normalized spacial score (nSPS) is 18.7. The average molecular weight is 388 g/mol. The quantitative estimate of drug-likeness (QED) is 0.675. The lowest BCUT2D eigenvalue weighted by molar-refractivity contribution is 0.0619. The fourth-order valence-electron chi connectivity index (χ4n) is 4.02. The molecule has 7 nitrogen and oxygen atoms in total. The van der Waals surface area contributed by atoms with Crippen molar-refractivity contribution in [1.82, 2.24) is 19.8 Å². The number of carbonyl (C=O) groups is 2. The molecular weight excluding hydrogens is 368 g/mol. The van der Waals surface area contributed by atoms with Crippen LogP contribution in [0, 0.1) is 6.92 Å². The number of hydrogen-bond acceptors (Lipinski definition) is 5. The SMILES string of the molecule is Cc1ccc2nc(-c3cccnc3)cc(C(=O)N3CCN4C(=O)OCC4C3)c2c1. The Bertz CT molecular complexity index is 1120. The first-order valence-electron chi connectivity index (χ1n) is 9.64. The van der Waals surface area contributed by atoms with Crippen LogP contribution < -0.4 is 0 Å². The Morgan fingerprint density at radius 1 is 1.21 bits per heavy atom. The van der Waals surface area contributed by atoms with E-state index in [1.165, 1.54) is 0 Å². The van der Waals surface area contributed by atoms with E-state index >= 15 is 0 Å². The zero-order chi connectivity index (χ0) is 20.0. The Hall–Kier alpha value is -3.48. The molecule has 0 aliphatic carbocycles. The van der Waals surface area contributed by atoms with E-state index in [4.69, 9.17) is 9.72 Å². The van der Waals surface area contributed by atoms with E-state index < -0.39 is 0 Å². The molecule has 7 heteroatoms. The first-order valence-corrected chi connectivity index (χ1v) is 9.64. The largest absolute Gasteiger partial charge is 0.447 e. The number of benzene rings is 1. The molecule has 0 bridgehead atoms. The zero-order valence-corrected chi connectivity index (χ0v) is 16.0. The van der Waals surface area contributed by atoms with Crippen molar-refractivity contribution in [3.05, 3.63) is 59.9 Å². The highest BCUT2D eigenvalue weighted by Gasteiger charge is 2.39. The predicted octanol–water partition coefficient (Wildman–Crippen LogP) is 2.88. The maximum absolute atomic E-state index is 13.5. The van der Waals surface area contributed by atoms with Crippen LogP contribution in [0.4, 0.5) is 4.79 Å². The molecular formula is C22H20N4O3. The van der Waals surface area contributed by atoms with Gasteiger partial charge in [0.15, 0.2) is 0 Å². The molecule has 3 aromatic rings. The van der Waals surface area contributed by atoms with Crippen molar-refractivity contribution in [3.8, 4) is 11.3 Å².